The first kappa shape index (κ1) is 42.1. The number of fused-ring (bicyclic) bond motifs is 4. The molecule has 2 bridgehead atoms. The van der Waals surface area contributed by atoms with E-state index in [-0.39, 0.29) is 41.1 Å². The molecule has 3 heterocycles. The van der Waals surface area contributed by atoms with Crippen LogP contribution in [0.25, 0.3) is 0 Å². The van der Waals surface area contributed by atoms with Crippen LogP contribution in [0.3, 0.4) is 0 Å². The number of amides is 1. The van der Waals surface area contributed by atoms with Crippen LogP contribution in [-0.4, -0.2) is 117 Å². The Hall–Kier alpha value is -5.59. The van der Waals surface area contributed by atoms with Gasteiger partial charge in [-0.05, 0) is 54.5 Å². The fourth-order valence-corrected chi connectivity index (χ4v) is 10.7. The van der Waals surface area contributed by atoms with Gasteiger partial charge in [0, 0.05) is 29.7 Å². The predicted molar refractivity (Wildman–Crippen MR) is 206 cm³/mol. The van der Waals surface area contributed by atoms with Gasteiger partial charge in [0.2, 0.25) is 5.60 Å². The van der Waals surface area contributed by atoms with Gasteiger partial charge < -0.3 is 58.6 Å². The minimum atomic E-state index is -2.31. The second-order valence-corrected chi connectivity index (χ2v) is 17.1. The third-order valence-electron chi connectivity index (χ3n) is 13.6. The van der Waals surface area contributed by atoms with Crippen LogP contribution in [0.5, 0.6) is 0 Å². The Balaban J connectivity index is 1.29. The number of esters is 3. The van der Waals surface area contributed by atoms with Crippen molar-refractivity contribution in [3.63, 3.8) is 0 Å². The number of aliphatic hydroxyl groups is 4. The molecule has 1 spiro atoms. The lowest BCUT2D eigenvalue weighted by atomic mass is 9.44. The van der Waals surface area contributed by atoms with E-state index in [4.69, 9.17) is 32.8 Å². The topological polar surface area (TPSA) is 247 Å². The summed E-state index contributed by atoms with van der Waals surface area (Å²) in [7, 11) is 0. The molecule has 5 aliphatic rings. The summed E-state index contributed by atoms with van der Waals surface area (Å²) >= 11 is 0. The van der Waals surface area contributed by atoms with Gasteiger partial charge in [0.1, 0.15) is 24.0 Å². The Kier molecular flexibility index (Phi) is 10.4. The van der Waals surface area contributed by atoms with Gasteiger partial charge in [-0.15, -0.1) is 0 Å². The van der Waals surface area contributed by atoms with E-state index in [1.54, 1.807) is 50.2 Å². The van der Waals surface area contributed by atoms with E-state index in [1.165, 1.54) is 56.5 Å². The number of furan rings is 1. The zero-order valence-electron chi connectivity index (χ0n) is 33.9. The van der Waals surface area contributed by atoms with Crippen LogP contribution in [0.2, 0.25) is 0 Å². The number of nitrogens with one attached hydrogen (secondary N) is 1. The number of carbonyl (C=O) groups is 5. The van der Waals surface area contributed by atoms with Crippen molar-refractivity contribution in [1.29, 1.82) is 0 Å². The summed E-state index contributed by atoms with van der Waals surface area (Å²) in [5.41, 5.74) is -7.34. The fraction of sp³-hybridized carbons (Fsp3) is 0.477. The van der Waals surface area contributed by atoms with E-state index in [9.17, 15) is 44.4 Å². The molecule has 5 N–H and O–H groups in total. The highest BCUT2D eigenvalue weighted by Gasteiger charge is 2.82. The average Bonchev–Trinajstić information content (AvgIpc) is 3.90. The molecule has 2 aromatic carbocycles. The van der Waals surface area contributed by atoms with Crippen LogP contribution in [-0.2, 0) is 38.0 Å². The van der Waals surface area contributed by atoms with Gasteiger partial charge in [-0.2, -0.15) is 0 Å². The highest BCUT2D eigenvalue weighted by Crippen LogP contribution is 2.67. The molecule has 4 fully saturated rings. The Labute approximate surface area is 349 Å². The van der Waals surface area contributed by atoms with E-state index < -0.39 is 113 Å². The second-order valence-electron chi connectivity index (χ2n) is 17.1. The maximum atomic E-state index is 14.4. The molecule has 2 aliphatic heterocycles. The monoisotopic (exact) mass is 845 g/mol. The zero-order valence-corrected chi connectivity index (χ0v) is 33.9. The molecule has 1 amide bonds. The van der Waals surface area contributed by atoms with Crippen molar-refractivity contribution in [3.05, 3.63) is 107 Å². The number of hydrogen-bond donors (Lipinski definition) is 5. The molecule has 61 heavy (non-hydrogen) atoms. The van der Waals surface area contributed by atoms with Crippen LogP contribution in [0, 0.1) is 16.7 Å². The maximum absolute atomic E-state index is 14.4. The number of ether oxygens (including phenoxy) is 6. The number of carbonyl (C=O) groups excluding carboxylic acids is 5. The Morgan fingerprint density at radius 1 is 0.902 bits per heavy atom. The molecule has 3 aromatic rings. The van der Waals surface area contributed by atoms with Gasteiger partial charge >= 0.3 is 24.1 Å². The van der Waals surface area contributed by atoms with Crippen LogP contribution < -0.4 is 5.32 Å². The quantitative estimate of drug-likeness (QED) is 0.118. The lowest BCUT2D eigenvalue weighted by molar-refractivity contribution is -0.364. The standard InChI is InChI=1S/C44H47NO16/c1-21-28-30(48)34(50)42(5)26(47)19-27-43(20-56-27,60-22(2)46)33(42)36(58-38(52)24-15-10-7-11-16-24)44(41(28,3)4)35(59-40(54)61-44)32(21)57-39(53)31(49)29(25-17-12-18-55-25)45-37(51)23-13-8-6-9-14-23/h6-18,26-27,29-36,47-50H,19-20H2,1-5H3,(H,45,51)/t26-,27+,29-,30+,31+,32+,33?,34+,35-,36?,42+,43-,44+/m0/s1. The highest BCUT2D eigenvalue weighted by atomic mass is 16.8. The summed E-state index contributed by atoms with van der Waals surface area (Å²) in [6.45, 7) is 6.90. The van der Waals surface area contributed by atoms with Gasteiger partial charge in [-0.1, -0.05) is 57.2 Å². The minimum absolute atomic E-state index is 0.0135. The number of rotatable bonds is 9. The lowest BCUT2D eigenvalue weighted by Crippen LogP contribution is -2.83. The molecule has 2 unspecified atom stereocenters. The van der Waals surface area contributed by atoms with E-state index >= 15 is 0 Å². The summed E-state index contributed by atoms with van der Waals surface area (Å²) in [6, 6.07) is 17.2. The van der Waals surface area contributed by atoms with Crippen molar-refractivity contribution < 1.29 is 77.2 Å². The van der Waals surface area contributed by atoms with E-state index in [1.807, 2.05) is 0 Å². The highest BCUT2D eigenvalue weighted by molar-refractivity contribution is 5.95. The fourth-order valence-electron chi connectivity index (χ4n) is 10.7. The van der Waals surface area contributed by atoms with Crippen LogP contribution in [0.4, 0.5) is 4.79 Å². The van der Waals surface area contributed by atoms with Crippen LogP contribution >= 0.6 is 0 Å². The largest absolute Gasteiger partial charge is 0.509 e. The molecule has 17 nitrogen and oxygen atoms in total. The maximum Gasteiger partial charge on any atom is 0.509 e. The van der Waals surface area contributed by atoms with Crippen molar-refractivity contribution >= 4 is 30.0 Å². The Bertz CT molecular complexity index is 2240. The first-order valence-electron chi connectivity index (χ1n) is 19.9. The van der Waals surface area contributed by atoms with Crippen LogP contribution in [0.1, 0.15) is 73.6 Å². The van der Waals surface area contributed by atoms with Crippen molar-refractivity contribution in [3.8, 4) is 0 Å². The molecule has 2 saturated carbocycles. The van der Waals surface area contributed by atoms with E-state index in [2.05, 4.69) is 5.32 Å². The van der Waals surface area contributed by atoms with Crippen molar-refractivity contribution in [2.45, 2.75) is 107 Å². The third kappa shape index (κ3) is 6.27. The summed E-state index contributed by atoms with van der Waals surface area (Å²) < 4.78 is 42.3. The normalized spacial score (nSPS) is 35.5. The van der Waals surface area contributed by atoms with Gasteiger partial charge in [0.25, 0.3) is 5.91 Å². The van der Waals surface area contributed by atoms with Crippen molar-refractivity contribution in [1.82, 2.24) is 5.32 Å². The smallest absolute Gasteiger partial charge is 0.467 e. The summed E-state index contributed by atoms with van der Waals surface area (Å²) in [6.07, 6.45) is -14.0. The zero-order chi connectivity index (χ0) is 43.8. The van der Waals surface area contributed by atoms with Gasteiger partial charge in [0.15, 0.2) is 30.0 Å². The van der Waals surface area contributed by atoms with E-state index in [0.29, 0.717) is 0 Å². The first-order chi connectivity index (χ1) is 28.9. The summed E-state index contributed by atoms with van der Waals surface area (Å²) in [4.78, 5) is 68.9. The summed E-state index contributed by atoms with van der Waals surface area (Å²) in [5, 5.41) is 51.3. The molecule has 324 valence electrons. The molecule has 8 rings (SSSR count). The summed E-state index contributed by atoms with van der Waals surface area (Å²) in [5.74, 6) is -5.27. The van der Waals surface area contributed by atoms with Gasteiger partial charge in [-0.3, -0.25) is 9.59 Å². The molecular weight excluding hydrogens is 798 g/mol. The molecule has 3 aliphatic carbocycles. The number of aliphatic hydroxyl groups excluding tert-OH is 4. The lowest BCUT2D eigenvalue weighted by Gasteiger charge is -2.68. The molecule has 17 heteroatoms. The minimum Gasteiger partial charge on any atom is -0.467 e. The Morgan fingerprint density at radius 3 is 2.15 bits per heavy atom. The van der Waals surface area contributed by atoms with Gasteiger partial charge in [-0.25, -0.2) is 14.4 Å². The molecule has 1 aromatic heterocycles. The number of benzene rings is 2. The third-order valence-corrected chi connectivity index (χ3v) is 13.6. The molecule has 2 saturated heterocycles. The first-order valence-corrected chi connectivity index (χ1v) is 19.9. The molecule has 13 atom stereocenters. The number of hydrogen-bond acceptors (Lipinski definition) is 16. The van der Waals surface area contributed by atoms with Crippen molar-refractivity contribution in [2.75, 3.05) is 6.61 Å². The molecular formula is C44H47NO16. The average molecular weight is 846 g/mol. The second kappa shape index (κ2) is 15.1. The van der Waals surface area contributed by atoms with Crippen molar-refractivity contribution in [2.24, 2.45) is 16.7 Å². The molecule has 0 radical (unpaired) electrons. The van der Waals surface area contributed by atoms with E-state index in [0.717, 1.165) is 6.92 Å². The predicted octanol–water partition coefficient (Wildman–Crippen LogP) is 2.70. The van der Waals surface area contributed by atoms with Gasteiger partial charge in [0.05, 0.1) is 36.6 Å². The van der Waals surface area contributed by atoms with Crippen LogP contribution in [0.15, 0.2) is 94.6 Å². The Morgan fingerprint density at radius 2 is 1.56 bits per heavy atom. The SMILES string of the molecule is CC(=O)O[C@@]12CO[C@@H]1C[C@H](O)[C@]1(C)C2C(OC(=O)c2ccccc2)[C@]23OC(=O)O[C@H]2[C@H](OC(=O)[C@H](O)[C@@H](NC(=O)c2ccccc2)c2ccco2)C(C)=C([C@@H](O)[C@H]1O)C3(C)C.